The number of hydrogen-bond acceptors (Lipinski definition) is 6. The van der Waals surface area contributed by atoms with Gasteiger partial charge >= 0.3 is 17.9 Å². The summed E-state index contributed by atoms with van der Waals surface area (Å²) in [5.41, 5.74) is 1.30. The van der Waals surface area contributed by atoms with Crippen molar-refractivity contribution in [3.63, 3.8) is 0 Å². The van der Waals surface area contributed by atoms with Crippen LogP contribution < -0.4 is 0 Å². The van der Waals surface area contributed by atoms with E-state index in [2.05, 4.69) is 47.8 Å². The van der Waals surface area contributed by atoms with Gasteiger partial charge in [-0.15, -0.1) is 0 Å². The largest absolute Gasteiger partial charge is 0.466 e. The maximum absolute atomic E-state index is 10.2. The molecule has 24 heavy (non-hydrogen) atoms. The molecular weight excluding hydrogens is 312 g/mol. The summed E-state index contributed by atoms with van der Waals surface area (Å²) in [7, 11) is 3.99. The predicted molar refractivity (Wildman–Crippen MR) is 96.5 cm³/mol. The van der Waals surface area contributed by atoms with Crippen molar-refractivity contribution in [2.75, 3.05) is 21.3 Å². The quantitative estimate of drug-likeness (QED) is 0.442. The molecule has 0 unspecified atom stereocenters. The van der Waals surface area contributed by atoms with E-state index in [4.69, 9.17) is 0 Å². The first-order valence-electron chi connectivity index (χ1n) is 7.17. The lowest BCUT2D eigenvalue weighted by Gasteiger charge is -1.91. The topological polar surface area (TPSA) is 78.9 Å². The molecule has 0 saturated carbocycles. The van der Waals surface area contributed by atoms with E-state index in [-0.39, 0.29) is 17.9 Å². The van der Waals surface area contributed by atoms with Crippen molar-refractivity contribution < 1.29 is 28.6 Å². The van der Waals surface area contributed by atoms with Crippen LogP contribution in [0.15, 0.2) is 36.5 Å². The smallest absolute Gasteiger partial charge is 0.332 e. The van der Waals surface area contributed by atoms with Crippen LogP contribution in [0.1, 0.15) is 41.0 Å². The molecule has 6 heteroatoms. The van der Waals surface area contributed by atoms with Crippen LogP contribution in [0, 0.1) is 0 Å². The van der Waals surface area contributed by atoms with Crippen molar-refractivity contribution in [1.29, 1.82) is 0 Å². The molecule has 0 aliphatic rings. The summed E-state index contributed by atoms with van der Waals surface area (Å²) in [5.74, 6) is -1.04. The zero-order valence-electron chi connectivity index (χ0n) is 16.3. The highest BCUT2D eigenvalue weighted by Crippen LogP contribution is 1.88. The fourth-order valence-electron chi connectivity index (χ4n) is 0.523. The second-order valence-electron chi connectivity index (χ2n) is 4.52. The Morgan fingerprint density at radius 3 is 0.750 bits per heavy atom. The molecule has 0 aliphatic carbocycles. The van der Waals surface area contributed by atoms with Gasteiger partial charge in [0.15, 0.2) is 0 Å². The van der Waals surface area contributed by atoms with Crippen molar-refractivity contribution >= 4 is 17.9 Å². The number of methoxy groups -OCH3 is 3. The van der Waals surface area contributed by atoms with Gasteiger partial charge in [0.25, 0.3) is 0 Å². The van der Waals surface area contributed by atoms with Crippen LogP contribution in [0.5, 0.6) is 0 Å². The number of esters is 3. The second-order valence-corrected chi connectivity index (χ2v) is 4.52. The van der Waals surface area contributed by atoms with Crippen LogP contribution in [-0.4, -0.2) is 39.2 Å². The molecular formula is C18H32O6. The number of rotatable bonds is 3. The first-order chi connectivity index (χ1) is 11.0. The van der Waals surface area contributed by atoms with Crippen LogP contribution in [-0.2, 0) is 28.6 Å². The van der Waals surface area contributed by atoms with Crippen LogP contribution in [0.3, 0.4) is 0 Å². The molecule has 0 bridgehead atoms. The summed E-state index contributed by atoms with van der Waals surface area (Å²) >= 11 is 0. The van der Waals surface area contributed by atoms with Crippen LogP contribution in [0.2, 0.25) is 0 Å². The monoisotopic (exact) mass is 344 g/mol. The van der Waals surface area contributed by atoms with Gasteiger partial charge in [-0.25, -0.2) is 14.4 Å². The molecule has 6 nitrogen and oxygen atoms in total. The minimum absolute atomic E-state index is 0.347. The zero-order chi connectivity index (χ0) is 20.3. The van der Waals surface area contributed by atoms with Crippen molar-refractivity contribution in [2.24, 2.45) is 0 Å². The predicted octanol–water partition coefficient (Wildman–Crippen LogP) is 3.62. The van der Waals surface area contributed by atoms with Gasteiger partial charge in [-0.2, -0.15) is 0 Å². The summed E-state index contributed by atoms with van der Waals surface area (Å²) in [6.45, 7) is 19.1. The minimum Gasteiger partial charge on any atom is -0.466 e. The molecule has 0 amide bonds. The first kappa shape index (κ1) is 29.6. The number of carbonyl (C=O) groups excluding carboxylic acids is 3. The molecule has 140 valence electrons. The molecule has 0 aromatic carbocycles. The highest BCUT2D eigenvalue weighted by molar-refractivity contribution is 5.87. The molecule has 0 N–H and O–H groups in total. The van der Waals surface area contributed by atoms with E-state index in [9.17, 15) is 14.4 Å². The molecule has 0 radical (unpaired) electrons. The fourth-order valence-corrected chi connectivity index (χ4v) is 0.523. The Labute approximate surface area is 146 Å². The van der Waals surface area contributed by atoms with E-state index in [1.807, 2.05) is 0 Å². The van der Waals surface area contributed by atoms with Gasteiger partial charge in [0.1, 0.15) is 0 Å². The van der Waals surface area contributed by atoms with E-state index < -0.39 is 0 Å². The lowest BCUT2D eigenvalue weighted by molar-refractivity contribution is -0.136. The highest BCUT2D eigenvalue weighted by Gasteiger charge is 1.96. The van der Waals surface area contributed by atoms with Crippen LogP contribution in [0.4, 0.5) is 0 Å². The third kappa shape index (κ3) is 27.9. The van der Waals surface area contributed by atoms with E-state index in [0.29, 0.717) is 16.7 Å². The van der Waals surface area contributed by atoms with Gasteiger partial charge in [0, 0.05) is 16.7 Å². The van der Waals surface area contributed by atoms with Crippen molar-refractivity contribution in [1.82, 2.24) is 0 Å². The van der Waals surface area contributed by atoms with E-state index in [1.165, 1.54) is 27.8 Å². The minimum atomic E-state index is -0.347. The Bertz CT molecular complexity index is 359. The Kier molecular flexibility index (Phi) is 25.5. The summed E-state index contributed by atoms with van der Waals surface area (Å²) in [5, 5.41) is 0. The molecule has 0 aliphatic heterocycles. The van der Waals surface area contributed by atoms with Crippen molar-refractivity contribution in [2.45, 2.75) is 41.0 Å². The van der Waals surface area contributed by atoms with Crippen molar-refractivity contribution in [3.8, 4) is 0 Å². The lowest BCUT2D eigenvalue weighted by Crippen LogP contribution is -1.98. The van der Waals surface area contributed by atoms with Crippen LogP contribution in [0.25, 0.3) is 0 Å². The lowest BCUT2D eigenvalue weighted by atomic mass is 10.4. The maximum Gasteiger partial charge on any atom is 0.332 e. The van der Waals surface area contributed by atoms with Crippen molar-refractivity contribution in [3.05, 3.63) is 36.5 Å². The fraction of sp³-hybridized carbons (Fsp3) is 0.500. The average Bonchev–Trinajstić information content (AvgIpc) is 2.53. The standard InChI is InChI=1S/3C5H8O2.C3H8/c3*1-4(2)5(6)7-3;1-3-2/h3*1H2,2-3H3;3H2,1-2H3. The van der Waals surface area contributed by atoms with Gasteiger partial charge in [-0.1, -0.05) is 40.0 Å². The Hall–Kier alpha value is -2.37. The maximum atomic E-state index is 10.2. The molecule has 0 rings (SSSR count). The molecule has 0 atom stereocenters. The third-order valence-corrected chi connectivity index (χ3v) is 1.60. The summed E-state index contributed by atoms with van der Waals surface area (Å²) in [6.07, 6.45) is 1.25. The van der Waals surface area contributed by atoms with Gasteiger partial charge in [0.05, 0.1) is 21.3 Å². The second kappa shape index (κ2) is 20.6. The summed E-state index contributed by atoms with van der Waals surface area (Å²) in [6, 6.07) is 0. The number of hydrogen-bond donors (Lipinski definition) is 0. The first-order valence-corrected chi connectivity index (χ1v) is 7.17. The number of carbonyl (C=O) groups is 3. The summed E-state index contributed by atoms with van der Waals surface area (Å²) in [4.78, 5) is 30.6. The Morgan fingerprint density at radius 2 is 0.750 bits per heavy atom. The number of ether oxygens (including phenoxy) is 3. The van der Waals surface area contributed by atoms with E-state index >= 15 is 0 Å². The Morgan fingerprint density at radius 1 is 0.625 bits per heavy atom. The Balaban J connectivity index is -0.000000115. The highest BCUT2D eigenvalue weighted by atomic mass is 16.5. The van der Waals surface area contributed by atoms with Gasteiger partial charge < -0.3 is 14.2 Å². The average molecular weight is 344 g/mol. The van der Waals surface area contributed by atoms with E-state index in [0.717, 1.165) is 0 Å². The molecule has 0 spiro atoms. The molecule has 0 saturated heterocycles. The molecule has 0 aromatic rings. The van der Waals surface area contributed by atoms with E-state index in [1.54, 1.807) is 20.8 Å². The molecule has 0 aromatic heterocycles. The van der Waals surface area contributed by atoms with Gasteiger partial charge in [-0.05, 0) is 20.8 Å². The zero-order valence-corrected chi connectivity index (χ0v) is 16.3. The van der Waals surface area contributed by atoms with Gasteiger partial charge in [0.2, 0.25) is 0 Å². The van der Waals surface area contributed by atoms with Gasteiger partial charge in [-0.3, -0.25) is 0 Å². The summed E-state index contributed by atoms with van der Waals surface area (Å²) < 4.78 is 12.8. The SMILES string of the molecule is C=C(C)C(=O)OC.C=C(C)C(=O)OC.C=C(C)C(=O)OC.CCC. The molecule has 0 fully saturated rings. The van der Waals surface area contributed by atoms with Crippen LogP contribution >= 0.6 is 0 Å². The normalized spacial score (nSPS) is 7.50. The molecule has 0 heterocycles. The third-order valence-electron chi connectivity index (χ3n) is 1.60.